The minimum atomic E-state index is 0.0114. The molecule has 0 amide bonds. The van der Waals surface area contributed by atoms with Gasteiger partial charge in [-0.3, -0.25) is 4.98 Å². The van der Waals surface area contributed by atoms with E-state index in [1.54, 1.807) is 7.11 Å². The number of hydrogen-bond donors (Lipinski definition) is 1. The molecule has 2 aromatic heterocycles. The van der Waals surface area contributed by atoms with Gasteiger partial charge < -0.3 is 19.5 Å². The maximum atomic E-state index is 5.78. The Morgan fingerprint density at radius 3 is 2.48 bits per heavy atom. The Bertz CT molecular complexity index is 1060. The lowest BCUT2D eigenvalue weighted by atomic mass is 9.96. The molecule has 1 aliphatic rings. The first kappa shape index (κ1) is 21.4. The fourth-order valence-corrected chi connectivity index (χ4v) is 4.86. The monoisotopic (exact) mass is 434 g/mol. The van der Waals surface area contributed by atoms with Crippen LogP contribution < -0.4 is 10.1 Å². The highest BCUT2D eigenvalue weighted by Crippen LogP contribution is 2.41. The van der Waals surface area contributed by atoms with Crippen molar-refractivity contribution in [1.82, 2.24) is 19.8 Å². The predicted octanol–water partition coefficient (Wildman–Crippen LogP) is 5.13. The molecule has 0 saturated carbocycles. The number of thiocarbonyl (C=S) groups is 1. The molecular formula is C25H30N4OS. The van der Waals surface area contributed by atoms with Gasteiger partial charge in [0.2, 0.25) is 0 Å². The number of nitrogens with zero attached hydrogens (tertiary/aromatic N) is 3. The Morgan fingerprint density at radius 2 is 1.87 bits per heavy atom. The molecule has 2 atom stereocenters. The SMILES string of the molecule is COc1ccc(-n2c(C)cc([C@H]3[C@H](c4ccccn4)NC(=S)N3CC(C)C)c2C)cc1. The minimum Gasteiger partial charge on any atom is -0.497 e. The Balaban J connectivity index is 1.81. The van der Waals surface area contributed by atoms with Gasteiger partial charge in [-0.05, 0) is 80.0 Å². The molecule has 3 aromatic rings. The summed E-state index contributed by atoms with van der Waals surface area (Å²) in [5.41, 5.74) is 5.82. The molecule has 3 heterocycles. The summed E-state index contributed by atoms with van der Waals surface area (Å²) in [6, 6.07) is 16.7. The summed E-state index contributed by atoms with van der Waals surface area (Å²) >= 11 is 5.78. The van der Waals surface area contributed by atoms with E-state index in [9.17, 15) is 0 Å². The van der Waals surface area contributed by atoms with Gasteiger partial charge in [0.15, 0.2) is 5.11 Å². The van der Waals surface area contributed by atoms with Gasteiger partial charge in [-0.2, -0.15) is 0 Å². The van der Waals surface area contributed by atoms with Crippen LogP contribution in [0.1, 0.15) is 48.6 Å². The summed E-state index contributed by atoms with van der Waals surface area (Å²) in [5.74, 6) is 1.35. The van der Waals surface area contributed by atoms with Gasteiger partial charge in [-0.1, -0.05) is 19.9 Å². The zero-order valence-electron chi connectivity index (χ0n) is 18.8. The fraction of sp³-hybridized carbons (Fsp3) is 0.360. The van der Waals surface area contributed by atoms with Crippen molar-refractivity contribution in [3.63, 3.8) is 0 Å². The highest BCUT2D eigenvalue weighted by Gasteiger charge is 2.41. The average molecular weight is 435 g/mol. The number of nitrogens with one attached hydrogen (secondary N) is 1. The van der Waals surface area contributed by atoms with Gasteiger partial charge in [-0.25, -0.2) is 0 Å². The lowest BCUT2D eigenvalue weighted by Crippen LogP contribution is -2.33. The number of pyridine rings is 1. The number of ether oxygens (including phenoxy) is 1. The van der Waals surface area contributed by atoms with Gasteiger partial charge >= 0.3 is 0 Å². The van der Waals surface area contributed by atoms with E-state index in [4.69, 9.17) is 17.0 Å². The van der Waals surface area contributed by atoms with Crippen LogP contribution >= 0.6 is 12.2 Å². The van der Waals surface area contributed by atoms with Crippen molar-refractivity contribution in [2.75, 3.05) is 13.7 Å². The summed E-state index contributed by atoms with van der Waals surface area (Å²) in [6.45, 7) is 9.70. The molecule has 5 nitrogen and oxygen atoms in total. The van der Waals surface area contributed by atoms with E-state index in [-0.39, 0.29) is 12.1 Å². The quantitative estimate of drug-likeness (QED) is 0.545. The zero-order chi connectivity index (χ0) is 22.1. The summed E-state index contributed by atoms with van der Waals surface area (Å²) in [4.78, 5) is 6.98. The standard InChI is InChI=1S/C25H30N4OS/c1-16(2)15-28-24(23(27-25(28)31)22-8-6-7-13-26-22)21-14-17(3)29(18(21)4)19-9-11-20(30-5)12-10-19/h6-14,16,23-24H,15H2,1-5H3,(H,27,31)/t23-,24-/m0/s1. The molecular weight excluding hydrogens is 404 g/mol. The predicted molar refractivity (Wildman–Crippen MR) is 129 cm³/mol. The van der Waals surface area contributed by atoms with Gasteiger partial charge in [0, 0.05) is 29.8 Å². The van der Waals surface area contributed by atoms with Crippen LogP contribution in [0.15, 0.2) is 54.7 Å². The third-order valence-corrected chi connectivity index (χ3v) is 6.23. The smallest absolute Gasteiger partial charge is 0.170 e. The van der Waals surface area contributed by atoms with E-state index in [0.29, 0.717) is 5.92 Å². The molecule has 31 heavy (non-hydrogen) atoms. The highest BCUT2D eigenvalue weighted by molar-refractivity contribution is 7.80. The molecule has 0 unspecified atom stereocenters. The van der Waals surface area contributed by atoms with Gasteiger partial charge in [-0.15, -0.1) is 0 Å². The van der Waals surface area contributed by atoms with Crippen molar-refractivity contribution in [2.24, 2.45) is 5.92 Å². The maximum absolute atomic E-state index is 5.78. The topological polar surface area (TPSA) is 42.3 Å². The first-order valence-corrected chi connectivity index (χ1v) is 11.1. The largest absolute Gasteiger partial charge is 0.497 e. The molecule has 1 fully saturated rings. The fourth-order valence-electron chi connectivity index (χ4n) is 4.55. The second-order valence-electron chi connectivity index (χ2n) is 8.53. The first-order chi connectivity index (χ1) is 14.9. The molecule has 1 saturated heterocycles. The summed E-state index contributed by atoms with van der Waals surface area (Å²) in [6.07, 6.45) is 1.85. The maximum Gasteiger partial charge on any atom is 0.170 e. The molecule has 0 bridgehead atoms. The van der Waals surface area contributed by atoms with Crippen molar-refractivity contribution in [1.29, 1.82) is 0 Å². The van der Waals surface area contributed by atoms with Crippen LogP contribution in [-0.2, 0) is 0 Å². The molecule has 0 radical (unpaired) electrons. The van der Waals surface area contributed by atoms with Crippen LogP contribution in [0.25, 0.3) is 5.69 Å². The molecule has 6 heteroatoms. The van der Waals surface area contributed by atoms with E-state index in [1.165, 1.54) is 17.0 Å². The lowest BCUT2D eigenvalue weighted by molar-refractivity contribution is 0.287. The number of benzene rings is 1. The van der Waals surface area contributed by atoms with Gasteiger partial charge in [0.25, 0.3) is 0 Å². The molecule has 1 N–H and O–H groups in total. The van der Waals surface area contributed by atoms with Crippen LogP contribution in [0.4, 0.5) is 0 Å². The van der Waals surface area contributed by atoms with Crippen LogP contribution in [0, 0.1) is 19.8 Å². The van der Waals surface area contributed by atoms with Crippen molar-refractivity contribution in [2.45, 2.75) is 39.8 Å². The van der Waals surface area contributed by atoms with E-state index in [0.717, 1.165) is 28.8 Å². The second kappa shape index (κ2) is 8.71. The zero-order valence-corrected chi connectivity index (χ0v) is 19.6. The van der Waals surface area contributed by atoms with Crippen LogP contribution in [0.2, 0.25) is 0 Å². The van der Waals surface area contributed by atoms with E-state index in [2.05, 4.69) is 71.7 Å². The number of methoxy groups -OCH3 is 1. The average Bonchev–Trinajstić information content (AvgIpc) is 3.24. The van der Waals surface area contributed by atoms with E-state index >= 15 is 0 Å². The van der Waals surface area contributed by atoms with Crippen LogP contribution in [-0.4, -0.2) is 33.2 Å². The normalized spacial score (nSPS) is 18.5. The summed E-state index contributed by atoms with van der Waals surface area (Å²) in [7, 11) is 1.69. The number of aryl methyl sites for hydroxylation is 1. The number of hydrogen-bond acceptors (Lipinski definition) is 3. The van der Waals surface area contributed by atoms with Crippen LogP contribution in [0.3, 0.4) is 0 Å². The van der Waals surface area contributed by atoms with Crippen molar-refractivity contribution in [3.05, 3.63) is 77.4 Å². The third kappa shape index (κ3) is 4.04. The molecule has 0 spiro atoms. The molecule has 0 aliphatic carbocycles. The molecule has 162 valence electrons. The lowest BCUT2D eigenvalue weighted by Gasteiger charge is -2.29. The minimum absolute atomic E-state index is 0.0114. The molecule has 4 rings (SSSR count). The highest BCUT2D eigenvalue weighted by atomic mass is 32.1. The summed E-state index contributed by atoms with van der Waals surface area (Å²) in [5, 5.41) is 4.35. The van der Waals surface area contributed by atoms with E-state index in [1.807, 2.05) is 30.5 Å². The number of rotatable bonds is 6. The second-order valence-corrected chi connectivity index (χ2v) is 8.92. The molecule has 1 aliphatic heterocycles. The van der Waals surface area contributed by atoms with Gasteiger partial charge in [0.05, 0.1) is 24.9 Å². The third-order valence-electron chi connectivity index (χ3n) is 5.88. The van der Waals surface area contributed by atoms with Crippen molar-refractivity contribution >= 4 is 17.3 Å². The van der Waals surface area contributed by atoms with E-state index < -0.39 is 0 Å². The van der Waals surface area contributed by atoms with Crippen LogP contribution in [0.5, 0.6) is 5.75 Å². The molecule has 1 aromatic carbocycles. The van der Waals surface area contributed by atoms with Gasteiger partial charge in [0.1, 0.15) is 5.75 Å². The Morgan fingerprint density at radius 1 is 1.13 bits per heavy atom. The first-order valence-electron chi connectivity index (χ1n) is 10.7. The van der Waals surface area contributed by atoms with Crippen molar-refractivity contribution in [3.8, 4) is 11.4 Å². The number of aromatic nitrogens is 2. The Hall–Kier alpha value is -2.86. The van der Waals surface area contributed by atoms with Crippen molar-refractivity contribution < 1.29 is 4.74 Å². The summed E-state index contributed by atoms with van der Waals surface area (Å²) < 4.78 is 7.64. The Labute approximate surface area is 190 Å². The Kier molecular flexibility index (Phi) is 6.01.